The first kappa shape index (κ1) is 12.1. The van der Waals surface area contributed by atoms with E-state index in [2.05, 4.69) is 6.92 Å². The van der Waals surface area contributed by atoms with Gasteiger partial charge in [-0.2, -0.15) is 0 Å². The highest BCUT2D eigenvalue weighted by atomic mass is 19.1. The molecule has 0 aliphatic heterocycles. The molecule has 0 fully saturated rings. The monoisotopic (exact) mass is 213 g/mol. The van der Waals surface area contributed by atoms with Gasteiger partial charge in [0.1, 0.15) is 11.6 Å². The van der Waals surface area contributed by atoms with Crippen LogP contribution in [0.1, 0.15) is 43.4 Å². The third kappa shape index (κ3) is 2.99. The van der Waals surface area contributed by atoms with Crippen molar-refractivity contribution in [1.29, 1.82) is 0 Å². The van der Waals surface area contributed by atoms with Crippen LogP contribution in [0.2, 0.25) is 0 Å². The van der Waals surface area contributed by atoms with Gasteiger partial charge in [-0.1, -0.05) is 19.8 Å². The molecule has 15 heavy (non-hydrogen) atoms. The van der Waals surface area contributed by atoms with Crippen LogP contribution in [0, 0.1) is 18.6 Å². The third-order valence-corrected chi connectivity index (χ3v) is 2.55. The zero-order valence-electron chi connectivity index (χ0n) is 9.19. The molecule has 0 saturated carbocycles. The Kier molecular flexibility index (Phi) is 4.21. The Morgan fingerprint density at radius 2 is 1.93 bits per heavy atom. The minimum Gasteiger partial charge on any atom is -0.324 e. The van der Waals surface area contributed by atoms with Crippen molar-refractivity contribution >= 4 is 0 Å². The molecule has 1 atom stereocenters. The van der Waals surface area contributed by atoms with E-state index >= 15 is 0 Å². The average molecular weight is 213 g/mol. The van der Waals surface area contributed by atoms with Crippen molar-refractivity contribution in [2.24, 2.45) is 5.73 Å². The number of hydrogen-bond acceptors (Lipinski definition) is 1. The van der Waals surface area contributed by atoms with Gasteiger partial charge < -0.3 is 5.73 Å². The van der Waals surface area contributed by atoms with Crippen LogP contribution in [0.4, 0.5) is 8.78 Å². The van der Waals surface area contributed by atoms with Crippen molar-refractivity contribution < 1.29 is 8.78 Å². The normalized spacial score (nSPS) is 12.9. The number of benzene rings is 1. The van der Waals surface area contributed by atoms with E-state index in [1.807, 2.05) is 0 Å². The van der Waals surface area contributed by atoms with E-state index in [0.29, 0.717) is 11.1 Å². The molecular formula is C12H17F2N. The van der Waals surface area contributed by atoms with Crippen molar-refractivity contribution in [1.82, 2.24) is 0 Å². The second-order valence-corrected chi connectivity index (χ2v) is 3.87. The van der Waals surface area contributed by atoms with Crippen LogP contribution in [0.25, 0.3) is 0 Å². The highest BCUT2D eigenvalue weighted by Gasteiger charge is 2.13. The molecule has 1 aromatic carbocycles. The van der Waals surface area contributed by atoms with Gasteiger partial charge in [-0.3, -0.25) is 0 Å². The summed E-state index contributed by atoms with van der Waals surface area (Å²) in [5.41, 5.74) is 6.70. The first-order valence-electron chi connectivity index (χ1n) is 5.27. The topological polar surface area (TPSA) is 26.0 Å². The number of hydrogen-bond donors (Lipinski definition) is 1. The van der Waals surface area contributed by atoms with Crippen LogP contribution >= 0.6 is 0 Å². The van der Waals surface area contributed by atoms with Crippen LogP contribution in [0.5, 0.6) is 0 Å². The molecular weight excluding hydrogens is 196 g/mol. The van der Waals surface area contributed by atoms with Gasteiger partial charge in [-0.05, 0) is 25.0 Å². The van der Waals surface area contributed by atoms with Gasteiger partial charge in [0.2, 0.25) is 0 Å². The largest absolute Gasteiger partial charge is 0.324 e. The summed E-state index contributed by atoms with van der Waals surface area (Å²) in [5, 5.41) is 0. The molecule has 3 heteroatoms. The highest BCUT2D eigenvalue weighted by Crippen LogP contribution is 2.22. The molecule has 1 aromatic rings. The Balaban J connectivity index is 2.88. The Labute approximate surface area is 89.3 Å². The van der Waals surface area contributed by atoms with E-state index in [1.165, 1.54) is 6.07 Å². The van der Waals surface area contributed by atoms with Crippen molar-refractivity contribution in [3.8, 4) is 0 Å². The van der Waals surface area contributed by atoms with Crippen molar-refractivity contribution in [2.75, 3.05) is 0 Å². The molecule has 0 aliphatic rings. The van der Waals surface area contributed by atoms with Gasteiger partial charge in [-0.15, -0.1) is 0 Å². The van der Waals surface area contributed by atoms with E-state index in [1.54, 1.807) is 6.92 Å². The molecule has 1 unspecified atom stereocenters. The molecule has 1 nitrogen and oxygen atoms in total. The van der Waals surface area contributed by atoms with Gasteiger partial charge in [-0.25, -0.2) is 8.78 Å². The van der Waals surface area contributed by atoms with Crippen LogP contribution in [-0.4, -0.2) is 0 Å². The van der Waals surface area contributed by atoms with Crippen LogP contribution in [0.3, 0.4) is 0 Å². The Morgan fingerprint density at radius 3 is 2.53 bits per heavy atom. The number of aryl methyl sites for hydroxylation is 1. The first-order chi connectivity index (χ1) is 7.06. The summed E-state index contributed by atoms with van der Waals surface area (Å²) >= 11 is 0. The maximum atomic E-state index is 13.4. The third-order valence-electron chi connectivity index (χ3n) is 2.55. The molecule has 0 saturated heterocycles. The van der Waals surface area contributed by atoms with Gasteiger partial charge >= 0.3 is 0 Å². The minimum absolute atomic E-state index is 0.329. The lowest BCUT2D eigenvalue weighted by molar-refractivity contribution is 0.530. The van der Waals surface area contributed by atoms with Crippen molar-refractivity contribution in [2.45, 2.75) is 39.2 Å². The second-order valence-electron chi connectivity index (χ2n) is 3.87. The number of halogens is 2. The first-order valence-corrected chi connectivity index (χ1v) is 5.27. The maximum absolute atomic E-state index is 13.4. The molecule has 0 aromatic heterocycles. The predicted octanol–water partition coefficient (Wildman–Crippen LogP) is 3.46. The Morgan fingerprint density at radius 1 is 1.27 bits per heavy atom. The Hall–Kier alpha value is -0.960. The molecule has 84 valence electrons. The summed E-state index contributed by atoms with van der Waals surface area (Å²) in [6.45, 7) is 3.67. The van der Waals surface area contributed by atoms with E-state index in [4.69, 9.17) is 5.73 Å². The second kappa shape index (κ2) is 5.21. The summed E-state index contributed by atoms with van der Waals surface area (Å²) in [4.78, 5) is 0. The summed E-state index contributed by atoms with van der Waals surface area (Å²) in [6.07, 6.45) is 2.71. The fourth-order valence-corrected chi connectivity index (χ4v) is 1.54. The summed E-state index contributed by atoms with van der Waals surface area (Å²) in [7, 11) is 0. The molecule has 0 spiro atoms. The van der Waals surface area contributed by atoms with E-state index in [-0.39, 0.29) is 6.04 Å². The molecule has 0 radical (unpaired) electrons. The zero-order chi connectivity index (χ0) is 11.4. The van der Waals surface area contributed by atoms with Gasteiger partial charge in [0.15, 0.2) is 0 Å². The summed E-state index contributed by atoms with van der Waals surface area (Å²) in [6, 6.07) is 2.09. The average Bonchev–Trinajstić information content (AvgIpc) is 2.20. The van der Waals surface area contributed by atoms with Crippen molar-refractivity contribution in [3.63, 3.8) is 0 Å². The fourth-order valence-electron chi connectivity index (χ4n) is 1.54. The van der Waals surface area contributed by atoms with E-state index in [0.717, 1.165) is 25.3 Å². The lowest BCUT2D eigenvalue weighted by Crippen LogP contribution is -2.12. The smallest absolute Gasteiger partial charge is 0.130 e. The summed E-state index contributed by atoms with van der Waals surface area (Å²) in [5.74, 6) is -1.05. The highest BCUT2D eigenvalue weighted by molar-refractivity contribution is 5.27. The number of unbranched alkanes of at least 4 members (excludes halogenated alkanes) is 1. The molecule has 2 N–H and O–H groups in total. The van der Waals surface area contributed by atoms with E-state index in [9.17, 15) is 8.78 Å². The van der Waals surface area contributed by atoms with Crippen LogP contribution in [-0.2, 0) is 0 Å². The Bertz CT molecular complexity index is 337. The molecule has 0 aliphatic carbocycles. The lowest BCUT2D eigenvalue weighted by Gasteiger charge is -2.13. The quantitative estimate of drug-likeness (QED) is 0.814. The zero-order valence-corrected chi connectivity index (χ0v) is 9.19. The lowest BCUT2D eigenvalue weighted by atomic mass is 9.99. The molecule has 0 amide bonds. The van der Waals surface area contributed by atoms with Crippen molar-refractivity contribution in [3.05, 3.63) is 34.9 Å². The fraction of sp³-hybridized carbons (Fsp3) is 0.500. The summed E-state index contributed by atoms with van der Waals surface area (Å²) < 4.78 is 26.4. The SMILES string of the molecule is CCCCC(N)c1cc(C)c(F)cc1F. The van der Waals surface area contributed by atoms with Gasteiger partial charge in [0.25, 0.3) is 0 Å². The maximum Gasteiger partial charge on any atom is 0.130 e. The number of nitrogens with two attached hydrogens (primary N) is 1. The molecule has 0 bridgehead atoms. The van der Waals surface area contributed by atoms with Crippen LogP contribution < -0.4 is 5.73 Å². The minimum atomic E-state index is -0.540. The van der Waals surface area contributed by atoms with Crippen LogP contribution in [0.15, 0.2) is 12.1 Å². The van der Waals surface area contributed by atoms with Gasteiger partial charge in [0, 0.05) is 17.7 Å². The predicted molar refractivity (Wildman–Crippen MR) is 57.5 cm³/mol. The standard InChI is InChI=1S/C12H17F2N/c1-3-4-5-12(15)9-6-8(2)10(13)7-11(9)14/h6-7,12H,3-5,15H2,1-2H3. The number of rotatable bonds is 4. The molecule has 0 heterocycles. The van der Waals surface area contributed by atoms with E-state index < -0.39 is 11.6 Å². The molecule has 1 rings (SSSR count). The van der Waals surface area contributed by atoms with Gasteiger partial charge in [0.05, 0.1) is 0 Å².